The number of hydrogen-bond acceptors (Lipinski definition) is 4. The fourth-order valence-corrected chi connectivity index (χ4v) is 5.83. The zero-order chi connectivity index (χ0) is 28.6. The number of nitrogens with zero attached hydrogens (tertiary/aromatic N) is 2. The fourth-order valence-electron chi connectivity index (χ4n) is 4.15. The molecule has 0 unspecified atom stereocenters. The third kappa shape index (κ3) is 7.92. The second-order valence-electron chi connectivity index (χ2n) is 9.52. The van der Waals surface area contributed by atoms with E-state index in [1.165, 1.54) is 17.0 Å². The van der Waals surface area contributed by atoms with Crippen molar-refractivity contribution in [2.75, 3.05) is 17.4 Å². The van der Waals surface area contributed by atoms with Crippen LogP contribution in [0.4, 0.5) is 5.69 Å². The van der Waals surface area contributed by atoms with Crippen molar-refractivity contribution >= 4 is 43.5 Å². The second-order valence-corrected chi connectivity index (χ2v) is 12.3. The molecule has 0 saturated carbocycles. The Hall–Kier alpha value is -3.17. The lowest BCUT2D eigenvalue weighted by Gasteiger charge is -2.33. The summed E-state index contributed by atoms with van der Waals surface area (Å²) in [5, 5.41) is 2.90. The average Bonchev–Trinajstić information content (AvgIpc) is 2.92. The van der Waals surface area contributed by atoms with E-state index < -0.39 is 28.5 Å². The minimum atomic E-state index is -4.09. The van der Waals surface area contributed by atoms with Crippen LogP contribution < -0.4 is 9.62 Å². The Morgan fingerprint density at radius 1 is 0.872 bits per heavy atom. The summed E-state index contributed by atoms with van der Waals surface area (Å²) >= 11 is 3.39. The number of nitrogens with one attached hydrogen (secondary N) is 1. The molecule has 0 heterocycles. The van der Waals surface area contributed by atoms with Crippen LogP contribution in [0.1, 0.15) is 43.4 Å². The Morgan fingerprint density at radius 3 is 1.97 bits per heavy atom. The van der Waals surface area contributed by atoms with Gasteiger partial charge in [-0.25, -0.2) is 8.42 Å². The summed E-state index contributed by atoms with van der Waals surface area (Å²) in [5.74, 6) is -0.718. The molecule has 0 aliphatic heterocycles. The van der Waals surface area contributed by atoms with Gasteiger partial charge in [0.1, 0.15) is 12.6 Å². The van der Waals surface area contributed by atoms with Gasteiger partial charge < -0.3 is 10.2 Å². The number of carbonyl (C=O) groups is 2. The highest BCUT2D eigenvalue weighted by Crippen LogP contribution is 2.26. The van der Waals surface area contributed by atoms with Crippen LogP contribution in [0, 0.1) is 13.8 Å². The van der Waals surface area contributed by atoms with Gasteiger partial charge in [0.25, 0.3) is 10.0 Å². The topological polar surface area (TPSA) is 86.8 Å². The maximum absolute atomic E-state index is 14.0. The zero-order valence-corrected chi connectivity index (χ0v) is 25.3. The Bertz CT molecular complexity index is 1360. The molecule has 0 fully saturated rings. The number of benzene rings is 3. The highest BCUT2D eigenvalue weighted by molar-refractivity contribution is 9.10. The standard InChI is InChI=1S/C30H36BrN3O4S/c1-5-19-32-30(36)28(6-2)33(20-24-11-7-22(3)8-12-24)29(35)21-34(26-15-13-25(31)14-16-26)39(37,38)27-17-9-23(4)10-18-27/h7-18,28H,5-6,19-21H2,1-4H3,(H,32,36)/t28-/m0/s1. The van der Waals surface area contributed by atoms with Gasteiger partial charge in [-0.3, -0.25) is 13.9 Å². The van der Waals surface area contributed by atoms with Gasteiger partial charge in [0, 0.05) is 17.6 Å². The maximum atomic E-state index is 14.0. The van der Waals surface area contributed by atoms with Gasteiger partial charge in [-0.05, 0) is 68.7 Å². The first-order valence-corrected chi connectivity index (χ1v) is 15.3. The van der Waals surface area contributed by atoms with Crippen LogP contribution in [0.5, 0.6) is 0 Å². The van der Waals surface area contributed by atoms with Crippen LogP contribution in [-0.4, -0.2) is 44.3 Å². The largest absolute Gasteiger partial charge is 0.354 e. The molecule has 3 rings (SSSR count). The van der Waals surface area contributed by atoms with E-state index in [0.29, 0.717) is 18.7 Å². The van der Waals surface area contributed by atoms with Crippen molar-refractivity contribution in [3.63, 3.8) is 0 Å². The molecule has 1 atom stereocenters. The number of hydrogen-bond donors (Lipinski definition) is 1. The van der Waals surface area contributed by atoms with Crippen molar-refractivity contribution < 1.29 is 18.0 Å². The smallest absolute Gasteiger partial charge is 0.264 e. The second kappa shape index (κ2) is 13.8. The van der Waals surface area contributed by atoms with E-state index in [1.54, 1.807) is 36.4 Å². The number of carbonyl (C=O) groups excluding carboxylic acids is 2. The summed E-state index contributed by atoms with van der Waals surface area (Å²) in [6.07, 6.45) is 1.15. The number of halogens is 1. The summed E-state index contributed by atoms with van der Waals surface area (Å²) in [5.41, 5.74) is 3.21. The minimum absolute atomic E-state index is 0.0848. The molecule has 208 valence electrons. The Morgan fingerprint density at radius 2 is 1.44 bits per heavy atom. The molecule has 0 aliphatic carbocycles. The Labute approximate surface area is 240 Å². The summed E-state index contributed by atoms with van der Waals surface area (Å²) in [6.45, 7) is 7.88. The molecule has 3 aromatic rings. The molecule has 0 radical (unpaired) electrons. The molecule has 9 heteroatoms. The molecule has 3 aromatic carbocycles. The van der Waals surface area contributed by atoms with Gasteiger partial charge >= 0.3 is 0 Å². The van der Waals surface area contributed by atoms with Crippen molar-refractivity contribution in [2.45, 2.75) is 58.0 Å². The molecule has 0 bridgehead atoms. The molecule has 0 aliphatic rings. The van der Waals surface area contributed by atoms with Crippen LogP contribution in [-0.2, 0) is 26.2 Å². The van der Waals surface area contributed by atoms with Crippen LogP contribution in [0.25, 0.3) is 0 Å². The number of rotatable bonds is 12. The van der Waals surface area contributed by atoms with E-state index in [2.05, 4.69) is 21.2 Å². The number of anilines is 1. The van der Waals surface area contributed by atoms with E-state index in [9.17, 15) is 18.0 Å². The first kappa shape index (κ1) is 30.4. The molecule has 39 heavy (non-hydrogen) atoms. The number of sulfonamides is 1. The third-order valence-electron chi connectivity index (χ3n) is 6.41. The molecule has 7 nitrogen and oxygen atoms in total. The molecular weight excluding hydrogens is 578 g/mol. The van der Waals surface area contributed by atoms with Gasteiger partial charge in [-0.1, -0.05) is 77.3 Å². The molecule has 2 amide bonds. The lowest BCUT2D eigenvalue weighted by atomic mass is 10.1. The average molecular weight is 615 g/mol. The summed E-state index contributed by atoms with van der Waals surface area (Å²) in [6, 6.07) is 20.3. The van der Waals surface area contributed by atoms with Crippen molar-refractivity contribution in [3.05, 3.63) is 94.0 Å². The molecular formula is C30H36BrN3O4S. The van der Waals surface area contributed by atoms with E-state index in [4.69, 9.17) is 0 Å². The maximum Gasteiger partial charge on any atom is 0.264 e. The van der Waals surface area contributed by atoms with Crippen LogP contribution >= 0.6 is 15.9 Å². The van der Waals surface area contributed by atoms with Gasteiger partial charge in [-0.15, -0.1) is 0 Å². The SMILES string of the molecule is CCCNC(=O)[C@H](CC)N(Cc1ccc(C)cc1)C(=O)CN(c1ccc(Br)cc1)S(=O)(=O)c1ccc(C)cc1. The lowest BCUT2D eigenvalue weighted by molar-refractivity contribution is -0.140. The lowest BCUT2D eigenvalue weighted by Crippen LogP contribution is -2.52. The molecule has 1 N–H and O–H groups in total. The van der Waals surface area contributed by atoms with Crippen molar-refractivity contribution in [1.82, 2.24) is 10.2 Å². The monoisotopic (exact) mass is 613 g/mol. The van der Waals surface area contributed by atoms with Gasteiger partial charge in [-0.2, -0.15) is 0 Å². The van der Waals surface area contributed by atoms with E-state index in [1.807, 2.05) is 52.0 Å². The first-order valence-electron chi connectivity index (χ1n) is 13.0. The quantitative estimate of drug-likeness (QED) is 0.288. The molecule has 0 aromatic heterocycles. The van der Waals surface area contributed by atoms with Crippen LogP contribution in [0.15, 0.2) is 82.2 Å². The Kier molecular flexibility index (Phi) is 10.7. The van der Waals surface area contributed by atoms with E-state index >= 15 is 0 Å². The predicted octanol–water partition coefficient (Wildman–Crippen LogP) is 5.59. The number of aryl methyl sites for hydroxylation is 2. The highest BCUT2D eigenvalue weighted by atomic mass is 79.9. The fraction of sp³-hybridized carbons (Fsp3) is 0.333. The zero-order valence-electron chi connectivity index (χ0n) is 22.9. The highest BCUT2D eigenvalue weighted by Gasteiger charge is 2.33. The molecule has 0 saturated heterocycles. The van der Waals surface area contributed by atoms with Crippen molar-refractivity contribution in [2.24, 2.45) is 0 Å². The van der Waals surface area contributed by atoms with Crippen molar-refractivity contribution in [1.29, 1.82) is 0 Å². The Balaban J connectivity index is 2.03. The number of amides is 2. The summed E-state index contributed by atoms with van der Waals surface area (Å²) in [7, 11) is -4.09. The van der Waals surface area contributed by atoms with E-state index in [0.717, 1.165) is 31.9 Å². The summed E-state index contributed by atoms with van der Waals surface area (Å²) in [4.78, 5) is 28.7. The summed E-state index contributed by atoms with van der Waals surface area (Å²) < 4.78 is 29.6. The normalized spacial score (nSPS) is 12.0. The predicted molar refractivity (Wildman–Crippen MR) is 159 cm³/mol. The van der Waals surface area contributed by atoms with Crippen molar-refractivity contribution in [3.8, 4) is 0 Å². The third-order valence-corrected chi connectivity index (χ3v) is 8.73. The van der Waals surface area contributed by atoms with Gasteiger partial charge in [0.2, 0.25) is 11.8 Å². The van der Waals surface area contributed by atoms with Gasteiger partial charge in [0.05, 0.1) is 10.6 Å². The first-order chi connectivity index (χ1) is 18.6. The van der Waals surface area contributed by atoms with Gasteiger partial charge in [0.15, 0.2) is 0 Å². The molecule has 0 spiro atoms. The minimum Gasteiger partial charge on any atom is -0.354 e. The van der Waals surface area contributed by atoms with Crippen LogP contribution in [0.2, 0.25) is 0 Å². The van der Waals surface area contributed by atoms with Crippen LogP contribution in [0.3, 0.4) is 0 Å². The van der Waals surface area contributed by atoms with E-state index in [-0.39, 0.29) is 17.3 Å².